The third-order valence-corrected chi connectivity index (χ3v) is 5.08. The summed E-state index contributed by atoms with van der Waals surface area (Å²) >= 11 is 3.50. The van der Waals surface area contributed by atoms with Gasteiger partial charge in [0.25, 0.3) is 0 Å². The number of pyridine rings is 1. The van der Waals surface area contributed by atoms with Gasteiger partial charge in [0.2, 0.25) is 5.91 Å². The van der Waals surface area contributed by atoms with Crippen molar-refractivity contribution in [2.75, 3.05) is 0 Å². The van der Waals surface area contributed by atoms with Crippen molar-refractivity contribution in [1.29, 1.82) is 5.41 Å². The van der Waals surface area contributed by atoms with Crippen LogP contribution >= 0.6 is 15.9 Å². The van der Waals surface area contributed by atoms with Gasteiger partial charge in [-0.3, -0.25) is 9.78 Å². The van der Waals surface area contributed by atoms with Crippen LogP contribution in [-0.4, -0.2) is 22.6 Å². The Balaban J connectivity index is 1.71. The molecule has 32 heavy (non-hydrogen) atoms. The Labute approximate surface area is 196 Å². The first-order chi connectivity index (χ1) is 15.1. The van der Waals surface area contributed by atoms with Gasteiger partial charge in [0, 0.05) is 34.0 Å². The van der Waals surface area contributed by atoms with Crippen molar-refractivity contribution in [3.8, 4) is 11.5 Å². The summed E-state index contributed by atoms with van der Waals surface area (Å²) in [5.41, 5.74) is 2.91. The number of ether oxygens (including phenoxy) is 1. The van der Waals surface area contributed by atoms with Crippen LogP contribution in [0.5, 0.6) is 11.5 Å². The Morgan fingerprint density at radius 3 is 2.62 bits per heavy atom. The minimum absolute atomic E-state index is 0.151. The van der Waals surface area contributed by atoms with Gasteiger partial charge in [-0.2, -0.15) is 0 Å². The highest BCUT2D eigenvalue weighted by atomic mass is 79.9. The first kappa shape index (κ1) is 23.5. The normalized spacial score (nSPS) is 11.8. The molecule has 0 unspecified atom stereocenters. The second-order valence-electron chi connectivity index (χ2n) is 8.54. The molecule has 0 bridgehead atoms. The summed E-state index contributed by atoms with van der Waals surface area (Å²) in [5.74, 6) is 1.25. The Bertz CT molecular complexity index is 1180. The molecule has 3 N–H and O–H groups in total. The lowest BCUT2D eigenvalue weighted by Crippen LogP contribution is -2.34. The van der Waals surface area contributed by atoms with Crippen molar-refractivity contribution in [1.82, 2.24) is 15.6 Å². The van der Waals surface area contributed by atoms with Gasteiger partial charge in [-0.1, -0.05) is 28.1 Å². The van der Waals surface area contributed by atoms with E-state index >= 15 is 0 Å². The minimum atomic E-state index is -0.187. The lowest BCUT2D eigenvalue weighted by atomic mass is 10.1. The quantitative estimate of drug-likeness (QED) is 0.371. The summed E-state index contributed by atoms with van der Waals surface area (Å²) in [6, 6.07) is 13.4. The Hall–Kier alpha value is -3.19. The van der Waals surface area contributed by atoms with Crippen molar-refractivity contribution in [2.24, 2.45) is 0 Å². The van der Waals surface area contributed by atoms with Gasteiger partial charge in [-0.15, -0.1) is 0 Å². The summed E-state index contributed by atoms with van der Waals surface area (Å²) in [4.78, 5) is 16.8. The maximum Gasteiger partial charge on any atom is 0.228 e. The number of rotatable bonds is 7. The number of amides is 1. The van der Waals surface area contributed by atoms with Crippen LogP contribution in [0.15, 0.2) is 65.0 Å². The molecule has 0 aliphatic heterocycles. The number of nitrogens with zero attached hydrogens (tertiary/aromatic N) is 1. The number of aromatic nitrogens is 1. The van der Waals surface area contributed by atoms with Crippen molar-refractivity contribution in [3.05, 3.63) is 76.2 Å². The molecule has 1 amide bonds. The van der Waals surface area contributed by atoms with Crippen molar-refractivity contribution in [2.45, 2.75) is 39.7 Å². The number of carbonyl (C=O) groups excluding carboxylic acids is 1. The van der Waals surface area contributed by atoms with Crippen LogP contribution in [0.4, 0.5) is 0 Å². The number of benzene rings is 2. The van der Waals surface area contributed by atoms with Gasteiger partial charge in [0.05, 0.1) is 17.6 Å². The summed E-state index contributed by atoms with van der Waals surface area (Å²) in [7, 11) is 0. The van der Waals surface area contributed by atoms with Gasteiger partial charge in [-0.25, -0.2) is 0 Å². The van der Waals surface area contributed by atoms with Crippen molar-refractivity contribution >= 4 is 39.0 Å². The predicted molar refractivity (Wildman–Crippen MR) is 132 cm³/mol. The third kappa shape index (κ3) is 6.40. The number of hydrogen-bond donors (Lipinski definition) is 3. The lowest BCUT2D eigenvalue weighted by molar-refractivity contribution is -0.119. The van der Waals surface area contributed by atoms with E-state index in [4.69, 9.17) is 10.1 Å². The highest BCUT2D eigenvalue weighted by Gasteiger charge is 2.11. The van der Waals surface area contributed by atoms with E-state index in [2.05, 4.69) is 31.5 Å². The molecule has 0 aliphatic carbocycles. The molecule has 3 rings (SSSR count). The predicted octanol–water partition coefficient (Wildman–Crippen LogP) is 5.64. The molecule has 0 radical (unpaired) electrons. The van der Waals surface area contributed by atoms with E-state index in [0.29, 0.717) is 5.70 Å². The second-order valence-corrected chi connectivity index (χ2v) is 9.45. The highest BCUT2D eigenvalue weighted by molar-refractivity contribution is 9.10. The van der Waals surface area contributed by atoms with Gasteiger partial charge in [0.1, 0.15) is 11.5 Å². The fourth-order valence-corrected chi connectivity index (χ4v) is 3.40. The average Bonchev–Trinajstić information content (AvgIpc) is 2.72. The lowest BCUT2D eigenvalue weighted by Gasteiger charge is -2.19. The molecule has 6 nitrogen and oxygen atoms in total. The zero-order valence-corrected chi connectivity index (χ0v) is 20.2. The summed E-state index contributed by atoms with van der Waals surface area (Å²) in [6.45, 7) is 7.97. The van der Waals surface area contributed by atoms with Gasteiger partial charge >= 0.3 is 0 Å². The molecular formula is C25H27BrN4O2. The number of fused-ring (bicyclic) bond motifs is 1. The fraction of sp³-hybridized carbons (Fsp3) is 0.240. The molecule has 3 aromatic rings. The molecule has 0 atom stereocenters. The number of halogens is 1. The standard InChI is InChI=1S/C25H27BrN4O2/c1-16-11-17(12-24(31)30-19(14-27)15-29-25(2,3)4)5-8-22(16)32-23-9-10-28-21-7-6-18(26)13-20(21)23/h5-11,13-15,27,29H,12H2,1-4H3,(H,30,31)/b19-15+,27-14?. The first-order valence-electron chi connectivity index (χ1n) is 10.2. The maximum atomic E-state index is 12.4. The molecule has 0 aliphatic rings. The SMILES string of the molecule is Cc1cc(CC(=O)N/C(C=N)=C/NC(C)(C)C)ccc1Oc1ccnc2ccc(Br)cc12. The van der Waals surface area contributed by atoms with Crippen LogP contribution in [0.3, 0.4) is 0 Å². The third-order valence-electron chi connectivity index (χ3n) is 4.59. The number of hydrogen-bond acceptors (Lipinski definition) is 5. The Morgan fingerprint density at radius 2 is 1.94 bits per heavy atom. The Kier molecular flexibility index (Phi) is 7.30. The summed E-state index contributed by atoms with van der Waals surface area (Å²) in [5, 5.41) is 14.3. The largest absolute Gasteiger partial charge is 0.456 e. The van der Waals surface area contributed by atoms with Crippen molar-refractivity contribution in [3.63, 3.8) is 0 Å². The molecule has 0 saturated carbocycles. The summed E-state index contributed by atoms with van der Waals surface area (Å²) < 4.78 is 7.13. The van der Waals surface area contributed by atoms with E-state index in [1.54, 1.807) is 12.4 Å². The summed E-state index contributed by atoms with van der Waals surface area (Å²) in [6.07, 6.45) is 4.69. The molecule has 0 fully saturated rings. The van der Waals surface area contributed by atoms with E-state index in [-0.39, 0.29) is 17.9 Å². The maximum absolute atomic E-state index is 12.4. The average molecular weight is 495 g/mol. The molecule has 0 saturated heterocycles. The topological polar surface area (TPSA) is 87.1 Å². The van der Waals surface area contributed by atoms with Gasteiger partial charge in [0.15, 0.2) is 0 Å². The van der Waals surface area contributed by atoms with Crippen LogP contribution in [0, 0.1) is 12.3 Å². The van der Waals surface area contributed by atoms with E-state index < -0.39 is 0 Å². The molecule has 1 aromatic heterocycles. The van der Waals surface area contributed by atoms with Crippen LogP contribution in [0.25, 0.3) is 10.9 Å². The van der Waals surface area contributed by atoms with E-state index in [0.717, 1.165) is 44.2 Å². The van der Waals surface area contributed by atoms with Crippen LogP contribution in [0.2, 0.25) is 0 Å². The van der Waals surface area contributed by atoms with Gasteiger partial charge in [-0.05, 0) is 69.2 Å². The van der Waals surface area contributed by atoms with E-state index in [9.17, 15) is 4.79 Å². The zero-order valence-electron chi connectivity index (χ0n) is 18.6. The van der Waals surface area contributed by atoms with Crippen LogP contribution < -0.4 is 15.4 Å². The molecule has 0 spiro atoms. The number of allylic oxidation sites excluding steroid dienone is 1. The Morgan fingerprint density at radius 1 is 1.16 bits per heavy atom. The monoisotopic (exact) mass is 494 g/mol. The number of carbonyl (C=O) groups is 1. The molecule has 1 heterocycles. The van der Waals surface area contributed by atoms with Crippen LogP contribution in [0.1, 0.15) is 31.9 Å². The number of nitrogens with one attached hydrogen (secondary N) is 3. The smallest absolute Gasteiger partial charge is 0.228 e. The fourth-order valence-electron chi connectivity index (χ4n) is 3.04. The highest BCUT2D eigenvalue weighted by Crippen LogP contribution is 2.32. The van der Waals surface area contributed by atoms with E-state index in [1.807, 2.05) is 70.2 Å². The first-order valence-corrected chi connectivity index (χ1v) is 11.0. The number of aryl methyl sites for hydroxylation is 1. The van der Waals surface area contributed by atoms with Crippen molar-refractivity contribution < 1.29 is 9.53 Å². The molecule has 7 heteroatoms. The van der Waals surface area contributed by atoms with Gasteiger partial charge < -0.3 is 20.8 Å². The molecule has 166 valence electrons. The molecular weight excluding hydrogens is 468 g/mol. The second kappa shape index (κ2) is 9.96. The zero-order chi connectivity index (χ0) is 23.3. The van der Waals surface area contributed by atoms with E-state index in [1.165, 1.54) is 0 Å². The molecule has 2 aromatic carbocycles. The minimum Gasteiger partial charge on any atom is -0.456 e. The van der Waals surface area contributed by atoms with Crippen LogP contribution in [-0.2, 0) is 11.2 Å².